The number of hydrogen-bond acceptors (Lipinski definition) is 5. The van der Waals surface area contributed by atoms with E-state index in [4.69, 9.17) is 0 Å². The number of rotatable bonds is 7. The molecule has 1 atom stereocenters. The zero-order valence-electron chi connectivity index (χ0n) is 13.7. The van der Waals surface area contributed by atoms with Gasteiger partial charge in [0.15, 0.2) is 0 Å². The summed E-state index contributed by atoms with van der Waals surface area (Å²) in [5.41, 5.74) is 0. The van der Waals surface area contributed by atoms with Crippen LogP contribution in [0.5, 0.6) is 0 Å². The molecule has 0 spiro atoms. The van der Waals surface area contributed by atoms with Crippen molar-refractivity contribution in [3.05, 3.63) is 0 Å². The van der Waals surface area contributed by atoms with Crippen molar-refractivity contribution in [2.75, 3.05) is 0 Å². The molecule has 0 aromatic carbocycles. The standard InChI is InChI=1S/C8H2F14O5S.2K/c9-2(1(23)24,28(25,26)27)3(10,11)4(12,13)5(14,15)6(16,17)7(18,19)8(20,21)22;;/h(H,23,24)(H,25,26,27);;/q;2*+1/p-2. The second-order valence-corrected chi connectivity index (χ2v) is 6.18. The van der Waals surface area contributed by atoms with Gasteiger partial charge in [-0.2, -0.15) is 57.1 Å². The van der Waals surface area contributed by atoms with Gasteiger partial charge in [0.25, 0.3) is 0 Å². The molecule has 0 rings (SSSR count). The number of alkyl halides is 14. The first-order chi connectivity index (χ1) is 11.7. The molecule has 0 aromatic rings. The minimum Gasteiger partial charge on any atom is -0.745 e. The third-order valence-electron chi connectivity index (χ3n) is 2.94. The van der Waals surface area contributed by atoms with Gasteiger partial charge in [-0.1, -0.05) is 0 Å². The number of carbonyl (C=O) groups is 1. The molecular weight excluding hydrogens is 552 g/mol. The summed E-state index contributed by atoms with van der Waals surface area (Å²) in [4.78, 5) is 10.1. The van der Waals surface area contributed by atoms with Crippen LogP contribution in [0.25, 0.3) is 0 Å². The molecule has 30 heavy (non-hydrogen) atoms. The van der Waals surface area contributed by atoms with Crippen LogP contribution in [-0.4, -0.2) is 59.7 Å². The Bertz CT molecular complexity index is 750. The van der Waals surface area contributed by atoms with E-state index < -0.39 is 56.9 Å². The molecule has 0 aromatic heterocycles. The Morgan fingerprint density at radius 1 is 0.567 bits per heavy atom. The average Bonchev–Trinajstić information content (AvgIpc) is 2.42. The van der Waals surface area contributed by atoms with E-state index in [-0.39, 0.29) is 103 Å². The minimum absolute atomic E-state index is 0. The predicted octanol–water partition coefficient (Wildman–Crippen LogP) is -4.31. The maximum absolute atomic E-state index is 13.4. The molecule has 0 aliphatic rings. The van der Waals surface area contributed by atoms with Gasteiger partial charge in [0.05, 0.1) is 5.97 Å². The van der Waals surface area contributed by atoms with Gasteiger partial charge < -0.3 is 14.5 Å². The number of hydrogen-bond donors (Lipinski definition) is 0. The molecule has 22 heteroatoms. The molecule has 0 heterocycles. The van der Waals surface area contributed by atoms with Gasteiger partial charge in [-0.25, -0.2) is 12.8 Å². The molecule has 0 aliphatic heterocycles. The fourth-order valence-electron chi connectivity index (χ4n) is 1.36. The van der Waals surface area contributed by atoms with Crippen molar-refractivity contribution in [3.63, 3.8) is 0 Å². The normalized spacial score (nSPS) is 16.8. The van der Waals surface area contributed by atoms with Crippen LogP contribution in [0.1, 0.15) is 0 Å². The fraction of sp³-hybridized carbons (Fsp3) is 0.875. The van der Waals surface area contributed by atoms with E-state index in [1.54, 1.807) is 0 Å². The Hall–Kier alpha value is 1.67. The van der Waals surface area contributed by atoms with Gasteiger partial charge >= 0.3 is 144 Å². The van der Waals surface area contributed by atoms with Gasteiger partial charge in [-0.15, -0.1) is 0 Å². The van der Waals surface area contributed by atoms with Crippen LogP contribution in [-0.2, 0) is 14.9 Å². The number of carboxylic acid groups (broad SMARTS) is 1. The quantitative estimate of drug-likeness (QED) is 0.181. The van der Waals surface area contributed by atoms with Crippen molar-refractivity contribution in [2.45, 2.75) is 40.8 Å². The van der Waals surface area contributed by atoms with Crippen molar-refractivity contribution in [2.24, 2.45) is 0 Å². The van der Waals surface area contributed by atoms with Crippen molar-refractivity contribution >= 4 is 16.1 Å². The van der Waals surface area contributed by atoms with E-state index >= 15 is 0 Å². The SMILES string of the molecule is O=C([O-])C(F)(C(F)(F)C(F)(F)C(F)(F)C(F)(F)C(F)(F)C(F)(F)F)S(=O)(=O)[O-].[K+].[K+]. The van der Waals surface area contributed by atoms with E-state index in [9.17, 15) is 84.3 Å². The first kappa shape index (κ1) is 36.2. The molecule has 1 unspecified atom stereocenters. The molecule has 168 valence electrons. The van der Waals surface area contributed by atoms with Crippen LogP contribution in [0.15, 0.2) is 0 Å². The summed E-state index contributed by atoms with van der Waals surface area (Å²) in [6.45, 7) is 0. The average molecular weight is 552 g/mol. The molecule has 0 amide bonds. The van der Waals surface area contributed by atoms with E-state index in [0.717, 1.165) is 0 Å². The third kappa shape index (κ3) is 4.88. The van der Waals surface area contributed by atoms with Crippen LogP contribution in [0.4, 0.5) is 61.5 Å². The smallest absolute Gasteiger partial charge is 0.745 e. The fourth-order valence-corrected chi connectivity index (χ4v) is 2.00. The zero-order valence-corrected chi connectivity index (χ0v) is 20.8. The molecular formula is C8F14K2O5S. The summed E-state index contributed by atoms with van der Waals surface area (Å²) in [6.07, 6.45) is -7.81. The first-order valence-electron chi connectivity index (χ1n) is 5.51. The molecule has 0 fully saturated rings. The zero-order chi connectivity index (χ0) is 23.6. The predicted molar refractivity (Wildman–Crippen MR) is 49.3 cm³/mol. The Morgan fingerprint density at radius 3 is 1.00 bits per heavy atom. The Labute approximate surface area is 240 Å². The number of halogens is 14. The summed E-state index contributed by atoms with van der Waals surface area (Å²) in [5.74, 6) is -47.2. The van der Waals surface area contributed by atoms with Crippen LogP contribution in [0.2, 0.25) is 0 Å². The monoisotopic (exact) mass is 552 g/mol. The topological polar surface area (TPSA) is 97.3 Å². The summed E-state index contributed by atoms with van der Waals surface area (Å²) >= 11 is 0. The summed E-state index contributed by atoms with van der Waals surface area (Å²) < 4.78 is 209. The van der Waals surface area contributed by atoms with Crippen molar-refractivity contribution in [1.82, 2.24) is 0 Å². The third-order valence-corrected chi connectivity index (χ3v) is 4.06. The largest absolute Gasteiger partial charge is 1.00 e. The van der Waals surface area contributed by atoms with Crippen molar-refractivity contribution in [1.29, 1.82) is 0 Å². The van der Waals surface area contributed by atoms with Gasteiger partial charge in [0.2, 0.25) is 0 Å². The molecule has 0 saturated carbocycles. The number of carboxylic acids is 1. The Kier molecular flexibility index (Phi) is 11.8. The number of carbonyl (C=O) groups excluding carboxylic acids is 1. The van der Waals surface area contributed by atoms with Crippen molar-refractivity contribution in [3.8, 4) is 0 Å². The van der Waals surface area contributed by atoms with E-state index in [1.165, 1.54) is 0 Å². The Morgan fingerprint density at radius 2 is 0.800 bits per heavy atom. The summed E-state index contributed by atoms with van der Waals surface area (Å²) in [7, 11) is -8.07. The molecule has 0 N–H and O–H groups in total. The van der Waals surface area contributed by atoms with Gasteiger partial charge in [-0.3, -0.25) is 0 Å². The number of aliphatic carboxylic acids is 1. The van der Waals surface area contributed by atoms with Crippen molar-refractivity contribution < 1.29 is 187 Å². The van der Waals surface area contributed by atoms with Gasteiger partial charge in [0, 0.05) is 0 Å². The minimum atomic E-state index is -8.69. The van der Waals surface area contributed by atoms with Crippen LogP contribution >= 0.6 is 0 Å². The summed E-state index contributed by atoms with van der Waals surface area (Å²) in [6, 6.07) is 0. The Balaban J connectivity index is -0.00000364. The summed E-state index contributed by atoms with van der Waals surface area (Å²) in [5, 5.41) is 2.55. The van der Waals surface area contributed by atoms with Gasteiger partial charge in [-0.05, 0) is 0 Å². The molecule has 0 saturated heterocycles. The van der Waals surface area contributed by atoms with E-state index in [1.807, 2.05) is 0 Å². The first-order valence-corrected chi connectivity index (χ1v) is 6.92. The van der Waals surface area contributed by atoms with E-state index in [2.05, 4.69) is 0 Å². The van der Waals surface area contributed by atoms with Gasteiger partial charge in [0.1, 0.15) is 10.1 Å². The molecule has 5 nitrogen and oxygen atoms in total. The molecule has 0 radical (unpaired) electrons. The van der Waals surface area contributed by atoms with Crippen LogP contribution in [0, 0.1) is 0 Å². The maximum Gasteiger partial charge on any atom is 1.00 e. The molecule has 0 bridgehead atoms. The second kappa shape index (κ2) is 9.73. The van der Waals surface area contributed by atoms with Crippen LogP contribution in [0.3, 0.4) is 0 Å². The van der Waals surface area contributed by atoms with E-state index in [0.29, 0.717) is 0 Å². The van der Waals surface area contributed by atoms with Crippen LogP contribution < -0.4 is 108 Å². The second-order valence-electron chi connectivity index (χ2n) is 4.71. The maximum atomic E-state index is 13.4. The molecule has 0 aliphatic carbocycles.